The van der Waals surface area contributed by atoms with Gasteiger partial charge in [0, 0.05) is 24.2 Å². The van der Waals surface area contributed by atoms with E-state index in [1.165, 1.54) is 10.4 Å². The Morgan fingerprint density at radius 2 is 2.12 bits per heavy atom. The molecule has 7 heteroatoms. The summed E-state index contributed by atoms with van der Waals surface area (Å²) in [6.07, 6.45) is 0. The van der Waals surface area contributed by atoms with E-state index in [2.05, 4.69) is 39.2 Å². The highest BCUT2D eigenvalue weighted by molar-refractivity contribution is 7.10. The van der Waals surface area contributed by atoms with E-state index >= 15 is 0 Å². The van der Waals surface area contributed by atoms with E-state index < -0.39 is 0 Å². The zero-order chi connectivity index (χ0) is 18.4. The van der Waals surface area contributed by atoms with Crippen molar-refractivity contribution in [1.29, 1.82) is 0 Å². The summed E-state index contributed by atoms with van der Waals surface area (Å²) < 4.78 is 5.04. The number of H-pyrrole nitrogens is 1. The topological polar surface area (TPSA) is 79.0 Å². The first-order valence-corrected chi connectivity index (χ1v) is 9.21. The lowest BCUT2D eigenvalue weighted by molar-refractivity contribution is 0.0951. The van der Waals surface area contributed by atoms with Crippen LogP contribution < -0.4 is 10.6 Å². The number of nitrogens with one attached hydrogen (secondary N) is 3. The van der Waals surface area contributed by atoms with Crippen LogP contribution in [0.3, 0.4) is 0 Å². The summed E-state index contributed by atoms with van der Waals surface area (Å²) in [6, 6.07) is 11.5. The Balaban J connectivity index is 1.62. The van der Waals surface area contributed by atoms with Crippen LogP contribution in [0.25, 0.3) is 0 Å². The zero-order valence-corrected chi connectivity index (χ0v) is 15.7. The smallest absolute Gasteiger partial charge is 0.253 e. The molecule has 0 radical (unpaired) electrons. The number of carbonyl (C=O) groups excluding carboxylic acids is 1. The van der Waals surface area contributed by atoms with E-state index in [4.69, 9.17) is 4.74 Å². The van der Waals surface area contributed by atoms with Crippen LogP contribution in [0.1, 0.15) is 32.2 Å². The fraction of sp³-hybridized carbons (Fsp3) is 0.263. The summed E-state index contributed by atoms with van der Waals surface area (Å²) in [7, 11) is 1.62. The first-order chi connectivity index (χ1) is 12.7. The summed E-state index contributed by atoms with van der Waals surface area (Å²) in [4.78, 5) is 13.9. The van der Waals surface area contributed by atoms with Crippen LogP contribution >= 0.6 is 11.3 Å². The molecular weight excluding hydrogens is 348 g/mol. The minimum absolute atomic E-state index is 0.126. The van der Waals surface area contributed by atoms with Crippen LogP contribution in [-0.2, 0) is 24.4 Å². The fourth-order valence-corrected chi connectivity index (χ4v) is 3.43. The minimum Gasteiger partial charge on any atom is -0.379 e. The number of ether oxygens (including phenoxy) is 1. The predicted octanol–water partition coefficient (Wildman–Crippen LogP) is 3.47. The van der Waals surface area contributed by atoms with E-state index in [0.29, 0.717) is 25.3 Å². The van der Waals surface area contributed by atoms with Crippen molar-refractivity contribution in [2.24, 2.45) is 0 Å². The standard InChI is InChI=1S/C19H22N4O2S/c1-13-7-8-26-18(13)11-20-17-6-4-3-5-16(17)19(24)21-10-14-9-15(12-25-2)23-22-14/h3-9,20H,10-12H2,1-2H3,(H,21,24)(H,22,23). The van der Waals surface area contributed by atoms with Gasteiger partial charge in [0.05, 0.1) is 30.1 Å². The second-order valence-electron chi connectivity index (χ2n) is 5.93. The number of nitrogens with zero attached hydrogens (tertiary/aromatic N) is 1. The Morgan fingerprint density at radius 3 is 2.88 bits per heavy atom. The average Bonchev–Trinajstić information content (AvgIpc) is 3.27. The molecule has 0 bridgehead atoms. The molecule has 0 unspecified atom stereocenters. The molecule has 2 heterocycles. The second-order valence-corrected chi connectivity index (χ2v) is 6.93. The number of hydrogen-bond acceptors (Lipinski definition) is 5. The van der Waals surface area contributed by atoms with Crippen molar-refractivity contribution < 1.29 is 9.53 Å². The number of methoxy groups -OCH3 is 1. The third-order valence-electron chi connectivity index (χ3n) is 3.99. The van der Waals surface area contributed by atoms with E-state index in [0.717, 1.165) is 17.1 Å². The molecule has 0 fully saturated rings. The normalized spacial score (nSPS) is 10.7. The van der Waals surface area contributed by atoms with Gasteiger partial charge in [0.15, 0.2) is 0 Å². The number of hydrogen-bond donors (Lipinski definition) is 3. The number of aromatic amines is 1. The highest BCUT2D eigenvalue weighted by Gasteiger charge is 2.12. The van der Waals surface area contributed by atoms with Crippen molar-refractivity contribution in [1.82, 2.24) is 15.5 Å². The molecule has 1 aromatic carbocycles. The van der Waals surface area contributed by atoms with Gasteiger partial charge in [0.2, 0.25) is 0 Å². The molecule has 6 nitrogen and oxygen atoms in total. The minimum atomic E-state index is -0.126. The predicted molar refractivity (Wildman–Crippen MR) is 103 cm³/mol. The first-order valence-electron chi connectivity index (χ1n) is 8.33. The molecule has 0 spiro atoms. The molecule has 136 valence electrons. The summed E-state index contributed by atoms with van der Waals surface area (Å²) in [5.41, 5.74) is 4.35. The molecule has 0 saturated heterocycles. The third-order valence-corrected chi connectivity index (χ3v) is 5.02. The molecule has 0 aliphatic rings. The molecule has 2 aromatic heterocycles. The summed E-state index contributed by atoms with van der Waals surface area (Å²) in [6.45, 7) is 3.62. The Morgan fingerprint density at radius 1 is 1.27 bits per heavy atom. The maximum Gasteiger partial charge on any atom is 0.253 e. The maximum absolute atomic E-state index is 12.6. The zero-order valence-electron chi connectivity index (χ0n) is 14.8. The van der Waals surface area contributed by atoms with E-state index in [1.54, 1.807) is 18.4 Å². The number of thiophene rings is 1. The van der Waals surface area contributed by atoms with Crippen LogP contribution in [0.5, 0.6) is 0 Å². The van der Waals surface area contributed by atoms with Crippen molar-refractivity contribution in [3.63, 3.8) is 0 Å². The molecule has 0 aliphatic carbocycles. The van der Waals surface area contributed by atoms with Crippen LogP contribution in [0.15, 0.2) is 41.8 Å². The van der Waals surface area contributed by atoms with E-state index in [-0.39, 0.29) is 5.91 Å². The van der Waals surface area contributed by atoms with Gasteiger partial charge in [-0.2, -0.15) is 5.10 Å². The first kappa shape index (κ1) is 18.2. The second kappa shape index (κ2) is 8.64. The molecule has 3 aromatic rings. The largest absolute Gasteiger partial charge is 0.379 e. The Kier molecular flexibility index (Phi) is 6.04. The third kappa shape index (κ3) is 4.50. The molecule has 0 saturated carbocycles. The molecule has 3 N–H and O–H groups in total. The van der Waals surface area contributed by atoms with Crippen LogP contribution in [0, 0.1) is 6.92 Å². The number of carbonyl (C=O) groups is 1. The lowest BCUT2D eigenvalue weighted by Crippen LogP contribution is -2.24. The van der Waals surface area contributed by atoms with Crippen molar-refractivity contribution in [3.8, 4) is 0 Å². The highest BCUT2D eigenvalue weighted by Crippen LogP contribution is 2.20. The van der Waals surface area contributed by atoms with E-state index in [1.807, 2.05) is 30.3 Å². The van der Waals surface area contributed by atoms with Gasteiger partial charge >= 0.3 is 0 Å². The summed E-state index contributed by atoms with van der Waals surface area (Å²) >= 11 is 1.71. The van der Waals surface area contributed by atoms with E-state index in [9.17, 15) is 4.79 Å². The molecular formula is C19H22N4O2S. The van der Waals surface area contributed by atoms with Gasteiger partial charge in [-0.25, -0.2) is 0 Å². The van der Waals surface area contributed by atoms with Crippen molar-refractivity contribution in [3.05, 3.63) is 69.2 Å². The number of benzene rings is 1. The van der Waals surface area contributed by atoms with Gasteiger partial charge in [-0.05, 0) is 42.1 Å². The number of para-hydroxylation sites is 1. The SMILES string of the molecule is COCc1cc(CNC(=O)c2ccccc2NCc2sccc2C)[nH]n1. The van der Waals surface area contributed by atoms with Gasteiger partial charge in [0.1, 0.15) is 0 Å². The van der Waals surface area contributed by atoms with Crippen LogP contribution in [0.4, 0.5) is 5.69 Å². The molecule has 0 atom stereocenters. The summed E-state index contributed by atoms with van der Waals surface area (Å²) in [5.74, 6) is -0.126. The Bertz CT molecular complexity index is 872. The molecule has 26 heavy (non-hydrogen) atoms. The number of anilines is 1. The number of rotatable bonds is 8. The number of aryl methyl sites for hydroxylation is 1. The molecule has 3 rings (SSSR count). The lowest BCUT2D eigenvalue weighted by atomic mass is 10.1. The average molecular weight is 370 g/mol. The number of amides is 1. The van der Waals surface area contributed by atoms with Crippen molar-refractivity contribution >= 4 is 22.9 Å². The van der Waals surface area contributed by atoms with Gasteiger partial charge in [-0.15, -0.1) is 11.3 Å². The van der Waals surface area contributed by atoms with Crippen LogP contribution in [0.2, 0.25) is 0 Å². The maximum atomic E-state index is 12.6. The lowest BCUT2D eigenvalue weighted by Gasteiger charge is -2.12. The monoisotopic (exact) mass is 370 g/mol. The van der Waals surface area contributed by atoms with Gasteiger partial charge in [-0.3, -0.25) is 9.89 Å². The van der Waals surface area contributed by atoms with Crippen LogP contribution in [-0.4, -0.2) is 23.2 Å². The van der Waals surface area contributed by atoms with Gasteiger partial charge in [-0.1, -0.05) is 12.1 Å². The van der Waals surface area contributed by atoms with Crippen molar-refractivity contribution in [2.75, 3.05) is 12.4 Å². The Labute approximate surface area is 156 Å². The Hall–Kier alpha value is -2.64. The quantitative estimate of drug-likeness (QED) is 0.567. The number of aromatic nitrogens is 2. The summed E-state index contributed by atoms with van der Waals surface area (Å²) in [5, 5.41) is 15.4. The fourth-order valence-electron chi connectivity index (χ4n) is 2.59. The van der Waals surface area contributed by atoms with Crippen molar-refractivity contribution in [2.45, 2.75) is 26.6 Å². The van der Waals surface area contributed by atoms with Gasteiger partial charge in [0.25, 0.3) is 5.91 Å². The highest BCUT2D eigenvalue weighted by atomic mass is 32.1. The molecule has 1 amide bonds. The van der Waals surface area contributed by atoms with Gasteiger partial charge < -0.3 is 15.4 Å². The molecule has 0 aliphatic heterocycles.